The molecule has 0 saturated carbocycles. The highest BCUT2D eigenvalue weighted by molar-refractivity contribution is 5.76. The van der Waals surface area contributed by atoms with E-state index in [9.17, 15) is 4.79 Å². The van der Waals surface area contributed by atoms with Gasteiger partial charge in [-0.15, -0.1) is 0 Å². The Labute approximate surface area is 146 Å². The maximum absolute atomic E-state index is 12.0. The van der Waals surface area contributed by atoms with Crippen molar-refractivity contribution in [2.45, 2.75) is 46.0 Å². The van der Waals surface area contributed by atoms with Crippen LogP contribution in [0.4, 0.5) is 5.69 Å². The average molecular weight is 332 g/mol. The van der Waals surface area contributed by atoms with Gasteiger partial charge in [0.05, 0.1) is 0 Å². The Morgan fingerprint density at radius 3 is 2.67 bits per heavy atom. The molecule has 1 aliphatic heterocycles. The molecule has 0 radical (unpaired) electrons. The summed E-state index contributed by atoms with van der Waals surface area (Å²) in [6.45, 7) is 8.95. The molecular formula is C20H33N3O. The van der Waals surface area contributed by atoms with Crippen molar-refractivity contribution in [1.29, 1.82) is 0 Å². The van der Waals surface area contributed by atoms with Crippen LogP contribution in [0.2, 0.25) is 0 Å². The third-order valence-corrected chi connectivity index (χ3v) is 4.99. The molecule has 4 nitrogen and oxygen atoms in total. The minimum Gasteiger partial charge on any atom is -0.399 e. The molecule has 3 N–H and O–H groups in total. The maximum Gasteiger partial charge on any atom is 0.220 e. The second kappa shape index (κ2) is 9.67. The molecule has 2 rings (SSSR count). The Bertz CT molecular complexity index is 507. The smallest absolute Gasteiger partial charge is 0.220 e. The van der Waals surface area contributed by atoms with Crippen molar-refractivity contribution in [3.05, 3.63) is 29.8 Å². The normalized spacial score (nSPS) is 16.5. The van der Waals surface area contributed by atoms with Gasteiger partial charge in [0.15, 0.2) is 0 Å². The first-order valence-corrected chi connectivity index (χ1v) is 9.37. The lowest BCUT2D eigenvalue weighted by molar-refractivity contribution is -0.121. The monoisotopic (exact) mass is 331 g/mol. The molecule has 1 aliphatic rings. The number of hydrogen-bond acceptors (Lipinski definition) is 3. The number of benzene rings is 1. The molecule has 4 heteroatoms. The minimum atomic E-state index is 0.139. The van der Waals surface area contributed by atoms with Crippen molar-refractivity contribution in [3.63, 3.8) is 0 Å². The van der Waals surface area contributed by atoms with Crippen molar-refractivity contribution in [3.8, 4) is 0 Å². The quantitative estimate of drug-likeness (QED) is 0.720. The number of carbonyl (C=O) groups excluding carboxylic acids is 1. The van der Waals surface area contributed by atoms with Gasteiger partial charge in [-0.1, -0.05) is 32.0 Å². The SMILES string of the molecule is CC(C)CCN1CCC(CNC(=O)CCc2ccccc2N)CC1. The van der Waals surface area contributed by atoms with Gasteiger partial charge < -0.3 is 16.0 Å². The van der Waals surface area contributed by atoms with E-state index in [0.717, 1.165) is 23.7 Å². The van der Waals surface area contributed by atoms with Gasteiger partial charge in [-0.2, -0.15) is 0 Å². The molecule has 1 aromatic carbocycles. The van der Waals surface area contributed by atoms with Gasteiger partial charge >= 0.3 is 0 Å². The second-order valence-corrected chi connectivity index (χ2v) is 7.47. The highest BCUT2D eigenvalue weighted by Gasteiger charge is 2.19. The number of para-hydroxylation sites is 1. The van der Waals surface area contributed by atoms with E-state index in [4.69, 9.17) is 5.73 Å². The molecule has 0 aliphatic carbocycles. The predicted octanol–water partition coefficient (Wildman–Crippen LogP) is 3.08. The zero-order chi connectivity index (χ0) is 17.4. The summed E-state index contributed by atoms with van der Waals surface area (Å²) in [5, 5.41) is 3.11. The van der Waals surface area contributed by atoms with Gasteiger partial charge in [-0.05, 0) is 68.8 Å². The summed E-state index contributed by atoms with van der Waals surface area (Å²) in [6.07, 6.45) is 4.91. The van der Waals surface area contributed by atoms with Gasteiger partial charge in [0.1, 0.15) is 0 Å². The number of nitrogens with one attached hydrogen (secondary N) is 1. The van der Waals surface area contributed by atoms with Gasteiger partial charge in [0.2, 0.25) is 5.91 Å². The Kier molecular flexibility index (Phi) is 7.57. The number of piperidine rings is 1. The summed E-state index contributed by atoms with van der Waals surface area (Å²) in [5.41, 5.74) is 7.76. The summed E-state index contributed by atoms with van der Waals surface area (Å²) >= 11 is 0. The van der Waals surface area contributed by atoms with Crippen LogP contribution in [0.25, 0.3) is 0 Å². The van der Waals surface area contributed by atoms with E-state index < -0.39 is 0 Å². The van der Waals surface area contributed by atoms with Crippen LogP contribution in [0.3, 0.4) is 0 Å². The minimum absolute atomic E-state index is 0.139. The van der Waals surface area contributed by atoms with Crippen LogP contribution in [0.15, 0.2) is 24.3 Å². The maximum atomic E-state index is 12.0. The standard InChI is InChI=1S/C20H33N3O/c1-16(2)9-12-23-13-10-17(11-14-23)15-22-20(24)8-7-18-5-3-4-6-19(18)21/h3-6,16-17H,7-15,21H2,1-2H3,(H,22,24). The fourth-order valence-electron chi connectivity index (χ4n) is 3.21. The lowest BCUT2D eigenvalue weighted by Gasteiger charge is -2.32. The summed E-state index contributed by atoms with van der Waals surface area (Å²) in [5.74, 6) is 1.55. The van der Waals surface area contributed by atoms with Gasteiger partial charge in [-0.3, -0.25) is 4.79 Å². The highest BCUT2D eigenvalue weighted by atomic mass is 16.1. The number of aryl methyl sites for hydroxylation is 1. The fraction of sp³-hybridized carbons (Fsp3) is 0.650. The number of hydrogen-bond donors (Lipinski definition) is 2. The first kappa shape index (κ1) is 18.8. The number of anilines is 1. The molecule has 134 valence electrons. The Hall–Kier alpha value is -1.55. The van der Waals surface area contributed by atoms with Crippen molar-refractivity contribution in [2.24, 2.45) is 11.8 Å². The van der Waals surface area contributed by atoms with Crippen LogP contribution < -0.4 is 11.1 Å². The lowest BCUT2D eigenvalue weighted by Crippen LogP contribution is -2.39. The number of nitrogens with zero attached hydrogens (tertiary/aromatic N) is 1. The van der Waals surface area contributed by atoms with Crippen LogP contribution in [0.1, 0.15) is 45.1 Å². The predicted molar refractivity (Wildman–Crippen MR) is 101 cm³/mol. The number of nitrogens with two attached hydrogens (primary N) is 1. The molecule has 0 atom stereocenters. The first-order valence-electron chi connectivity index (χ1n) is 9.37. The van der Waals surface area contributed by atoms with Crippen LogP contribution in [0, 0.1) is 11.8 Å². The summed E-state index contributed by atoms with van der Waals surface area (Å²) < 4.78 is 0. The van der Waals surface area contributed by atoms with Crippen LogP contribution in [-0.4, -0.2) is 37.0 Å². The van der Waals surface area contributed by atoms with Crippen LogP contribution in [-0.2, 0) is 11.2 Å². The van der Waals surface area contributed by atoms with Crippen molar-refractivity contribution >= 4 is 11.6 Å². The third kappa shape index (κ3) is 6.52. The van der Waals surface area contributed by atoms with E-state index in [2.05, 4.69) is 24.1 Å². The molecule has 1 fully saturated rings. The van der Waals surface area contributed by atoms with E-state index in [1.54, 1.807) is 0 Å². The molecule has 24 heavy (non-hydrogen) atoms. The number of amides is 1. The number of carbonyl (C=O) groups is 1. The molecule has 1 heterocycles. The van der Waals surface area contributed by atoms with Crippen LogP contribution in [0.5, 0.6) is 0 Å². The second-order valence-electron chi connectivity index (χ2n) is 7.47. The average Bonchev–Trinajstić information content (AvgIpc) is 2.58. The molecule has 0 spiro atoms. The number of likely N-dealkylation sites (tertiary alicyclic amines) is 1. The number of rotatable bonds is 8. The largest absolute Gasteiger partial charge is 0.399 e. The molecule has 1 aromatic rings. The summed E-state index contributed by atoms with van der Waals surface area (Å²) in [6, 6.07) is 7.78. The van der Waals surface area contributed by atoms with Crippen molar-refractivity contribution in [2.75, 3.05) is 31.9 Å². The topological polar surface area (TPSA) is 58.4 Å². The van der Waals surface area contributed by atoms with Gasteiger partial charge in [-0.25, -0.2) is 0 Å². The molecule has 0 bridgehead atoms. The van der Waals surface area contributed by atoms with Crippen molar-refractivity contribution in [1.82, 2.24) is 10.2 Å². The molecule has 0 aromatic heterocycles. The van der Waals surface area contributed by atoms with E-state index in [1.165, 1.54) is 38.9 Å². The highest BCUT2D eigenvalue weighted by Crippen LogP contribution is 2.17. The third-order valence-electron chi connectivity index (χ3n) is 4.99. The van der Waals surface area contributed by atoms with E-state index >= 15 is 0 Å². The first-order chi connectivity index (χ1) is 11.5. The van der Waals surface area contributed by atoms with E-state index in [1.807, 2.05) is 24.3 Å². The van der Waals surface area contributed by atoms with Gasteiger partial charge in [0.25, 0.3) is 0 Å². The van der Waals surface area contributed by atoms with Crippen LogP contribution >= 0.6 is 0 Å². The zero-order valence-electron chi connectivity index (χ0n) is 15.3. The molecule has 0 unspecified atom stereocenters. The molecule has 1 amide bonds. The molecule has 1 saturated heterocycles. The van der Waals surface area contributed by atoms with Gasteiger partial charge in [0, 0.05) is 18.7 Å². The number of nitrogen functional groups attached to an aromatic ring is 1. The Morgan fingerprint density at radius 2 is 2.00 bits per heavy atom. The Balaban J connectivity index is 1.60. The Morgan fingerprint density at radius 1 is 1.29 bits per heavy atom. The zero-order valence-corrected chi connectivity index (χ0v) is 15.3. The fourth-order valence-corrected chi connectivity index (χ4v) is 3.21. The summed E-state index contributed by atoms with van der Waals surface area (Å²) in [4.78, 5) is 14.6. The summed E-state index contributed by atoms with van der Waals surface area (Å²) in [7, 11) is 0. The molecular weight excluding hydrogens is 298 g/mol. The van der Waals surface area contributed by atoms with E-state index in [-0.39, 0.29) is 5.91 Å². The lowest BCUT2D eigenvalue weighted by atomic mass is 9.96. The van der Waals surface area contributed by atoms with Crippen molar-refractivity contribution < 1.29 is 4.79 Å². The van der Waals surface area contributed by atoms with E-state index in [0.29, 0.717) is 18.8 Å².